The fraction of sp³-hybridized carbons (Fsp3) is 0.167. The zero-order chi connectivity index (χ0) is 21.5. The molecule has 2 N–H and O–H groups in total. The molecule has 0 aromatic heterocycles. The Balaban J connectivity index is 1.71. The number of ketones is 1. The van der Waals surface area contributed by atoms with Gasteiger partial charge in [0.05, 0.1) is 26.5 Å². The predicted molar refractivity (Wildman–Crippen MR) is 118 cm³/mol. The summed E-state index contributed by atoms with van der Waals surface area (Å²) in [4.78, 5) is 25.4. The summed E-state index contributed by atoms with van der Waals surface area (Å²) in [5.41, 5.74) is 3.16. The third-order valence-corrected chi connectivity index (χ3v) is 4.65. The second-order valence-corrected chi connectivity index (χ2v) is 6.66. The van der Waals surface area contributed by atoms with Crippen molar-refractivity contribution in [3.8, 4) is 11.5 Å². The molecule has 0 heterocycles. The van der Waals surface area contributed by atoms with Crippen LogP contribution in [0.5, 0.6) is 11.5 Å². The van der Waals surface area contributed by atoms with Crippen LogP contribution in [0.4, 0.5) is 11.4 Å². The zero-order valence-electron chi connectivity index (χ0n) is 17.2. The Morgan fingerprint density at radius 3 is 2.17 bits per heavy atom. The first-order valence-electron chi connectivity index (χ1n) is 9.48. The number of aryl methyl sites for hydroxylation is 1. The van der Waals surface area contributed by atoms with Crippen LogP contribution in [0, 0.1) is 6.92 Å². The summed E-state index contributed by atoms with van der Waals surface area (Å²) in [6, 6.07) is 19.6. The molecule has 3 aromatic rings. The number of benzene rings is 3. The third kappa shape index (κ3) is 4.78. The van der Waals surface area contributed by atoms with Gasteiger partial charge >= 0.3 is 0 Å². The van der Waals surface area contributed by atoms with E-state index >= 15 is 0 Å². The van der Waals surface area contributed by atoms with Crippen molar-refractivity contribution in [1.82, 2.24) is 0 Å². The maximum Gasteiger partial charge on any atom is 0.243 e. The molecule has 0 atom stereocenters. The van der Waals surface area contributed by atoms with E-state index in [-0.39, 0.29) is 18.2 Å². The highest BCUT2D eigenvalue weighted by Gasteiger charge is 2.15. The molecule has 3 aromatic carbocycles. The Morgan fingerprint density at radius 1 is 0.833 bits per heavy atom. The summed E-state index contributed by atoms with van der Waals surface area (Å²) < 4.78 is 10.6. The average Bonchev–Trinajstić information content (AvgIpc) is 2.78. The van der Waals surface area contributed by atoms with E-state index in [1.807, 2.05) is 31.2 Å². The number of carbonyl (C=O) groups is 2. The van der Waals surface area contributed by atoms with Gasteiger partial charge < -0.3 is 20.1 Å². The number of hydrogen-bond donors (Lipinski definition) is 2. The molecule has 0 radical (unpaired) electrons. The number of methoxy groups -OCH3 is 2. The lowest BCUT2D eigenvalue weighted by Crippen LogP contribution is -2.23. The quantitative estimate of drug-likeness (QED) is 0.548. The highest BCUT2D eigenvalue weighted by atomic mass is 16.5. The van der Waals surface area contributed by atoms with Crippen LogP contribution in [-0.4, -0.2) is 32.5 Å². The Kier molecular flexibility index (Phi) is 6.70. The second kappa shape index (κ2) is 9.60. The van der Waals surface area contributed by atoms with Crippen molar-refractivity contribution in [3.63, 3.8) is 0 Å². The number of para-hydroxylation sites is 1. The van der Waals surface area contributed by atoms with Gasteiger partial charge in [0.15, 0.2) is 17.3 Å². The molecule has 6 heteroatoms. The summed E-state index contributed by atoms with van der Waals surface area (Å²) in [6.07, 6.45) is 0. The van der Waals surface area contributed by atoms with Gasteiger partial charge in [-0.05, 0) is 30.7 Å². The first-order valence-corrected chi connectivity index (χ1v) is 9.48. The first kappa shape index (κ1) is 20.9. The molecular weight excluding hydrogens is 380 g/mol. The number of nitrogens with one attached hydrogen (secondary N) is 2. The second-order valence-electron chi connectivity index (χ2n) is 6.66. The summed E-state index contributed by atoms with van der Waals surface area (Å²) in [6.45, 7) is 1.94. The van der Waals surface area contributed by atoms with E-state index in [1.165, 1.54) is 0 Å². The molecule has 3 rings (SSSR count). The lowest BCUT2D eigenvalue weighted by atomic mass is 10.0. The molecular formula is C24H24N2O4. The van der Waals surface area contributed by atoms with Crippen LogP contribution < -0.4 is 20.1 Å². The number of ether oxygens (including phenoxy) is 2. The number of rotatable bonds is 8. The van der Waals surface area contributed by atoms with Gasteiger partial charge in [-0.15, -0.1) is 0 Å². The fourth-order valence-electron chi connectivity index (χ4n) is 3.08. The smallest absolute Gasteiger partial charge is 0.243 e. The van der Waals surface area contributed by atoms with Gasteiger partial charge in [0.2, 0.25) is 5.91 Å². The van der Waals surface area contributed by atoms with Crippen LogP contribution in [0.15, 0.2) is 66.7 Å². The molecule has 0 aliphatic heterocycles. The fourth-order valence-corrected chi connectivity index (χ4v) is 3.08. The van der Waals surface area contributed by atoms with Gasteiger partial charge in [-0.1, -0.05) is 42.5 Å². The number of anilines is 2. The van der Waals surface area contributed by atoms with E-state index in [1.54, 1.807) is 56.7 Å². The minimum atomic E-state index is -0.266. The van der Waals surface area contributed by atoms with Crippen molar-refractivity contribution in [2.24, 2.45) is 0 Å². The molecule has 0 saturated carbocycles. The maximum absolute atomic E-state index is 12.8. The molecule has 0 fully saturated rings. The lowest BCUT2D eigenvalue weighted by Gasteiger charge is -2.15. The monoisotopic (exact) mass is 404 g/mol. The van der Waals surface area contributed by atoms with Crippen molar-refractivity contribution in [2.75, 3.05) is 31.4 Å². The molecule has 6 nitrogen and oxygen atoms in total. The highest BCUT2D eigenvalue weighted by molar-refractivity contribution is 6.14. The summed E-state index contributed by atoms with van der Waals surface area (Å²) in [5, 5.41) is 5.93. The number of carbonyl (C=O) groups excluding carboxylic acids is 2. The van der Waals surface area contributed by atoms with Crippen molar-refractivity contribution in [1.29, 1.82) is 0 Å². The summed E-state index contributed by atoms with van der Waals surface area (Å²) in [7, 11) is 3.14. The molecule has 30 heavy (non-hydrogen) atoms. The molecule has 0 aliphatic rings. The Hall–Kier alpha value is -3.80. The summed E-state index contributed by atoms with van der Waals surface area (Å²) >= 11 is 0. The topological polar surface area (TPSA) is 76.7 Å². The van der Waals surface area contributed by atoms with Gasteiger partial charge in [0.25, 0.3) is 0 Å². The zero-order valence-corrected chi connectivity index (χ0v) is 17.2. The van der Waals surface area contributed by atoms with Gasteiger partial charge in [0.1, 0.15) is 0 Å². The lowest BCUT2D eigenvalue weighted by molar-refractivity contribution is -0.114. The molecule has 0 saturated heterocycles. The van der Waals surface area contributed by atoms with E-state index in [0.717, 1.165) is 11.3 Å². The van der Waals surface area contributed by atoms with Crippen molar-refractivity contribution in [3.05, 3.63) is 83.4 Å². The summed E-state index contributed by atoms with van der Waals surface area (Å²) in [5.74, 6) is 0.788. The van der Waals surface area contributed by atoms with E-state index in [4.69, 9.17) is 9.47 Å². The molecule has 0 spiro atoms. The van der Waals surface area contributed by atoms with Crippen LogP contribution in [0.2, 0.25) is 0 Å². The van der Waals surface area contributed by atoms with E-state index in [2.05, 4.69) is 10.6 Å². The molecule has 0 unspecified atom stereocenters. The van der Waals surface area contributed by atoms with Crippen LogP contribution in [-0.2, 0) is 4.79 Å². The molecule has 154 valence electrons. The van der Waals surface area contributed by atoms with Crippen molar-refractivity contribution in [2.45, 2.75) is 6.92 Å². The largest absolute Gasteiger partial charge is 0.493 e. The van der Waals surface area contributed by atoms with Crippen LogP contribution in [0.25, 0.3) is 0 Å². The van der Waals surface area contributed by atoms with Crippen LogP contribution in [0.1, 0.15) is 21.5 Å². The number of hydrogen-bond acceptors (Lipinski definition) is 5. The van der Waals surface area contributed by atoms with Crippen LogP contribution >= 0.6 is 0 Å². The molecule has 1 amide bonds. The van der Waals surface area contributed by atoms with E-state index in [0.29, 0.717) is 28.3 Å². The minimum Gasteiger partial charge on any atom is -0.493 e. The SMILES string of the molecule is COc1cc(C)c(NCC(=O)Nc2ccccc2C(=O)c2ccccc2)cc1OC. The van der Waals surface area contributed by atoms with Gasteiger partial charge in [-0.3, -0.25) is 9.59 Å². The normalized spacial score (nSPS) is 10.2. The Morgan fingerprint density at radius 2 is 1.47 bits per heavy atom. The first-order chi connectivity index (χ1) is 14.5. The molecule has 0 aliphatic carbocycles. The van der Waals surface area contributed by atoms with Gasteiger partial charge in [-0.2, -0.15) is 0 Å². The average molecular weight is 404 g/mol. The third-order valence-electron chi connectivity index (χ3n) is 4.65. The van der Waals surface area contributed by atoms with Gasteiger partial charge in [-0.25, -0.2) is 0 Å². The number of amides is 1. The standard InChI is InChI=1S/C24H24N2O4/c1-16-13-21(29-2)22(30-3)14-20(16)25-15-23(27)26-19-12-8-7-11-18(19)24(28)17-9-5-4-6-10-17/h4-14,25H,15H2,1-3H3,(H,26,27). The van der Waals surface area contributed by atoms with E-state index < -0.39 is 0 Å². The van der Waals surface area contributed by atoms with E-state index in [9.17, 15) is 9.59 Å². The van der Waals surface area contributed by atoms with Gasteiger partial charge in [0, 0.05) is 22.9 Å². The Labute approximate surface area is 175 Å². The van der Waals surface area contributed by atoms with Crippen molar-refractivity contribution >= 4 is 23.1 Å². The van der Waals surface area contributed by atoms with Crippen LogP contribution in [0.3, 0.4) is 0 Å². The predicted octanol–water partition coefficient (Wildman–Crippen LogP) is 4.29. The maximum atomic E-state index is 12.8. The highest BCUT2D eigenvalue weighted by Crippen LogP contribution is 2.32. The van der Waals surface area contributed by atoms with Crippen molar-refractivity contribution < 1.29 is 19.1 Å². The molecule has 0 bridgehead atoms. The minimum absolute atomic E-state index is 0.0319. The Bertz CT molecular complexity index is 1050.